The summed E-state index contributed by atoms with van der Waals surface area (Å²) < 4.78 is 0. The highest BCUT2D eigenvalue weighted by atomic mass is 32.1. The van der Waals surface area contributed by atoms with Gasteiger partial charge in [0, 0.05) is 30.0 Å². The van der Waals surface area contributed by atoms with Crippen molar-refractivity contribution in [2.75, 3.05) is 18.1 Å². The Morgan fingerprint density at radius 1 is 1.22 bits per heavy atom. The molecule has 4 nitrogen and oxygen atoms in total. The van der Waals surface area contributed by atoms with Crippen LogP contribution in [-0.4, -0.2) is 34.3 Å². The van der Waals surface area contributed by atoms with Crippen LogP contribution in [0.2, 0.25) is 0 Å². The number of fused-ring (bicyclic) bond motifs is 6. The lowest BCUT2D eigenvalue weighted by Crippen LogP contribution is -2.54. The number of hydrogen-bond donors (Lipinski definition) is 1. The van der Waals surface area contributed by atoms with E-state index in [1.807, 2.05) is 11.3 Å². The van der Waals surface area contributed by atoms with Gasteiger partial charge >= 0.3 is 0 Å². The van der Waals surface area contributed by atoms with Crippen LogP contribution >= 0.6 is 11.3 Å². The van der Waals surface area contributed by atoms with Gasteiger partial charge in [-0.3, -0.25) is 0 Å². The van der Waals surface area contributed by atoms with Crippen LogP contribution in [0.15, 0.2) is 6.33 Å². The molecular formula is C18H23N3OS. The van der Waals surface area contributed by atoms with Gasteiger partial charge in [-0.05, 0) is 56.4 Å². The highest BCUT2D eigenvalue weighted by Gasteiger charge is 2.41. The van der Waals surface area contributed by atoms with Crippen LogP contribution in [0.25, 0.3) is 10.2 Å². The predicted octanol–water partition coefficient (Wildman–Crippen LogP) is 3.17. The van der Waals surface area contributed by atoms with E-state index in [1.54, 1.807) is 6.33 Å². The Hall–Kier alpha value is -1.20. The van der Waals surface area contributed by atoms with E-state index >= 15 is 0 Å². The number of anilines is 1. The number of rotatable bonds is 2. The molecule has 2 aliphatic heterocycles. The molecule has 3 fully saturated rings. The molecule has 1 N–H and O–H groups in total. The zero-order chi connectivity index (χ0) is 15.4. The van der Waals surface area contributed by atoms with E-state index in [0.29, 0.717) is 18.6 Å². The molecule has 3 atom stereocenters. The third-order valence-corrected chi connectivity index (χ3v) is 7.34. The van der Waals surface area contributed by atoms with Crippen molar-refractivity contribution in [3.8, 4) is 0 Å². The van der Waals surface area contributed by atoms with Crippen molar-refractivity contribution >= 4 is 27.4 Å². The maximum atomic E-state index is 9.79. The van der Waals surface area contributed by atoms with E-state index in [-0.39, 0.29) is 0 Å². The molecule has 23 heavy (non-hydrogen) atoms. The van der Waals surface area contributed by atoms with Gasteiger partial charge in [-0.25, -0.2) is 9.97 Å². The summed E-state index contributed by atoms with van der Waals surface area (Å²) in [5.74, 6) is 2.29. The third-order valence-electron chi connectivity index (χ3n) is 6.14. The standard InChI is InChI=1S/C18H23N3OS/c22-9-12-7-11-5-6-14(12)21(8-11)17-16-13-3-1-2-4-15(13)23-18(16)20-10-19-17/h10-12,14,22H,1-9H2. The van der Waals surface area contributed by atoms with E-state index in [0.717, 1.165) is 18.3 Å². The van der Waals surface area contributed by atoms with Crippen molar-refractivity contribution in [3.63, 3.8) is 0 Å². The minimum Gasteiger partial charge on any atom is -0.396 e. The molecule has 2 aliphatic carbocycles. The van der Waals surface area contributed by atoms with Crippen LogP contribution in [-0.2, 0) is 12.8 Å². The molecular weight excluding hydrogens is 306 g/mol. The molecule has 3 unspecified atom stereocenters. The molecule has 2 aromatic heterocycles. The summed E-state index contributed by atoms with van der Waals surface area (Å²) in [4.78, 5) is 14.5. The van der Waals surface area contributed by atoms with E-state index < -0.39 is 0 Å². The zero-order valence-electron chi connectivity index (χ0n) is 13.4. The Balaban J connectivity index is 1.64. The van der Waals surface area contributed by atoms with Crippen LogP contribution in [0.4, 0.5) is 5.82 Å². The van der Waals surface area contributed by atoms with Gasteiger partial charge in [0.1, 0.15) is 17.0 Å². The molecule has 2 saturated heterocycles. The van der Waals surface area contributed by atoms with Gasteiger partial charge in [0.25, 0.3) is 0 Å². The molecule has 0 amide bonds. The Morgan fingerprint density at radius 3 is 3.00 bits per heavy atom. The van der Waals surface area contributed by atoms with Crippen molar-refractivity contribution in [2.24, 2.45) is 11.8 Å². The monoisotopic (exact) mass is 329 g/mol. The molecule has 4 aliphatic rings. The number of piperidine rings is 2. The summed E-state index contributed by atoms with van der Waals surface area (Å²) in [6.45, 7) is 1.42. The lowest BCUT2D eigenvalue weighted by Gasteiger charge is -2.50. The Bertz CT molecular complexity index is 743. The Labute approximate surface area is 140 Å². The van der Waals surface area contributed by atoms with Crippen molar-refractivity contribution in [1.29, 1.82) is 0 Å². The number of hydrogen-bond acceptors (Lipinski definition) is 5. The minimum absolute atomic E-state index is 0.313. The molecule has 0 spiro atoms. The largest absolute Gasteiger partial charge is 0.396 e. The summed E-state index contributed by atoms with van der Waals surface area (Å²) in [5, 5.41) is 11.1. The van der Waals surface area contributed by atoms with Crippen LogP contribution in [0.5, 0.6) is 0 Å². The van der Waals surface area contributed by atoms with Gasteiger partial charge in [-0.1, -0.05) is 0 Å². The third kappa shape index (κ3) is 2.13. The van der Waals surface area contributed by atoms with Gasteiger partial charge in [-0.15, -0.1) is 11.3 Å². The normalized spacial score (nSPS) is 30.0. The van der Waals surface area contributed by atoms with E-state index in [2.05, 4.69) is 9.88 Å². The van der Waals surface area contributed by atoms with Crippen LogP contribution in [0, 0.1) is 11.8 Å². The molecule has 0 aromatic carbocycles. The minimum atomic E-state index is 0.313. The molecule has 6 rings (SSSR count). The second-order valence-electron chi connectivity index (χ2n) is 7.43. The molecule has 0 radical (unpaired) electrons. The molecule has 4 heterocycles. The number of aryl methyl sites for hydroxylation is 2. The van der Waals surface area contributed by atoms with Crippen molar-refractivity contribution in [3.05, 3.63) is 16.8 Å². The summed E-state index contributed by atoms with van der Waals surface area (Å²) in [5.41, 5.74) is 1.52. The van der Waals surface area contributed by atoms with Gasteiger partial charge in [0.2, 0.25) is 0 Å². The van der Waals surface area contributed by atoms with Crippen molar-refractivity contribution in [2.45, 2.75) is 51.0 Å². The first kappa shape index (κ1) is 14.2. The Kier molecular flexibility index (Phi) is 3.34. The van der Waals surface area contributed by atoms with Crippen LogP contribution in [0.1, 0.15) is 42.5 Å². The second kappa shape index (κ2) is 5.42. The molecule has 1 saturated carbocycles. The topological polar surface area (TPSA) is 49.2 Å². The quantitative estimate of drug-likeness (QED) is 0.919. The first-order valence-electron chi connectivity index (χ1n) is 8.98. The fourth-order valence-electron chi connectivity index (χ4n) is 5.07. The van der Waals surface area contributed by atoms with Crippen molar-refractivity contribution in [1.82, 2.24) is 9.97 Å². The van der Waals surface area contributed by atoms with Gasteiger partial charge < -0.3 is 10.0 Å². The van der Waals surface area contributed by atoms with E-state index in [4.69, 9.17) is 4.98 Å². The number of aliphatic hydroxyl groups excluding tert-OH is 1. The number of aliphatic hydroxyl groups is 1. The maximum Gasteiger partial charge on any atom is 0.141 e. The molecule has 122 valence electrons. The SMILES string of the molecule is OCC1CC2CCC1N(c1ncnc3sc4c(c13)CCCC4)C2. The zero-order valence-corrected chi connectivity index (χ0v) is 14.2. The lowest BCUT2D eigenvalue weighted by atomic mass is 9.73. The summed E-state index contributed by atoms with van der Waals surface area (Å²) in [7, 11) is 0. The molecule has 2 aromatic rings. The summed E-state index contributed by atoms with van der Waals surface area (Å²) in [6, 6.07) is 0.460. The highest BCUT2D eigenvalue weighted by Crippen LogP contribution is 2.45. The van der Waals surface area contributed by atoms with Gasteiger partial charge in [-0.2, -0.15) is 0 Å². The van der Waals surface area contributed by atoms with Crippen LogP contribution in [0.3, 0.4) is 0 Å². The van der Waals surface area contributed by atoms with Gasteiger partial charge in [0.15, 0.2) is 0 Å². The molecule has 2 bridgehead atoms. The molecule has 5 heteroatoms. The number of thiophene rings is 1. The summed E-state index contributed by atoms with van der Waals surface area (Å²) >= 11 is 1.88. The smallest absolute Gasteiger partial charge is 0.141 e. The maximum absolute atomic E-state index is 9.79. The number of nitrogens with zero attached hydrogens (tertiary/aromatic N) is 3. The Morgan fingerprint density at radius 2 is 2.13 bits per heavy atom. The first-order valence-corrected chi connectivity index (χ1v) is 9.79. The number of aromatic nitrogens is 2. The average Bonchev–Trinajstić information content (AvgIpc) is 3.00. The van der Waals surface area contributed by atoms with E-state index in [9.17, 15) is 5.11 Å². The van der Waals surface area contributed by atoms with E-state index in [1.165, 1.54) is 65.6 Å². The lowest BCUT2D eigenvalue weighted by molar-refractivity contribution is 0.106. The first-order chi connectivity index (χ1) is 11.3. The predicted molar refractivity (Wildman–Crippen MR) is 93.1 cm³/mol. The fourth-order valence-corrected chi connectivity index (χ4v) is 6.29. The average molecular weight is 329 g/mol. The van der Waals surface area contributed by atoms with Crippen molar-refractivity contribution < 1.29 is 5.11 Å². The van der Waals surface area contributed by atoms with Crippen LogP contribution < -0.4 is 4.90 Å². The highest BCUT2D eigenvalue weighted by molar-refractivity contribution is 7.19. The van der Waals surface area contributed by atoms with Gasteiger partial charge in [0.05, 0.1) is 5.39 Å². The fraction of sp³-hybridized carbons (Fsp3) is 0.667. The second-order valence-corrected chi connectivity index (χ2v) is 8.51. The summed E-state index contributed by atoms with van der Waals surface area (Å²) in [6.07, 6.45) is 10.4.